The number of hydrogen-bond donors (Lipinski definition) is 0. The summed E-state index contributed by atoms with van der Waals surface area (Å²) < 4.78 is 5.22. The predicted octanol–water partition coefficient (Wildman–Crippen LogP) is 2.27. The van der Waals surface area contributed by atoms with E-state index >= 15 is 0 Å². The van der Waals surface area contributed by atoms with E-state index < -0.39 is 0 Å². The lowest BCUT2D eigenvalue weighted by Crippen LogP contribution is -2.49. The quantitative estimate of drug-likeness (QED) is 0.841. The van der Waals surface area contributed by atoms with Crippen molar-refractivity contribution in [1.82, 2.24) is 14.9 Å². The summed E-state index contributed by atoms with van der Waals surface area (Å²) in [6.07, 6.45) is 5.88. The molecule has 1 unspecified atom stereocenters. The molecule has 4 rings (SSSR count). The first-order chi connectivity index (χ1) is 12.7. The van der Waals surface area contributed by atoms with Crippen molar-refractivity contribution in [2.75, 3.05) is 49.1 Å². The molecule has 7 heteroatoms. The number of anilines is 2. The largest absolute Gasteiger partial charge is 0.459 e. The fourth-order valence-electron chi connectivity index (χ4n) is 3.73. The van der Waals surface area contributed by atoms with Crippen LogP contribution in [0.5, 0.6) is 0 Å². The number of nitrogens with zero attached hydrogens (tertiary/aromatic N) is 5. The van der Waals surface area contributed by atoms with Crippen LogP contribution in [0.3, 0.4) is 0 Å². The van der Waals surface area contributed by atoms with Crippen molar-refractivity contribution in [3.8, 4) is 0 Å². The van der Waals surface area contributed by atoms with Gasteiger partial charge in [0.15, 0.2) is 5.76 Å². The fourth-order valence-corrected chi connectivity index (χ4v) is 3.73. The first kappa shape index (κ1) is 16.9. The van der Waals surface area contributed by atoms with Gasteiger partial charge in [-0.2, -0.15) is 4.98 Å². The maximum absolute atomic E-state index is 12.4. The van der Waals surface area contributed by atoms with Crippen LogP contribution < -0.4 is 9.80 Å². The third kappa shape index (κ3) is 3.52. The Hall–Kier alpha value is -2.57. The van der Waals surface area contributed by atoms with E-state index in [0.717, 1.165) is 37.9 Å². The lowest BCUT2D eigenvalue weighted by atomic mass is 10.0. The average molecular weight is 355 g/mol. The number of aromatic nitrogens is 2. The van der Waals surface area contributed by atoms with Crippen molar-refractivity contribution >= 4 is 17.7 Å². The van der Waals surface area contributed by atoms with E-state index in [9.17, 15) is 4.79 Å². The zero-order valence-electron chi connectivity index (χ0n) is 15.2. The van der Waals surface area contributed by atoms with E-state index in [1.165, 1.54) is 19.1 Å². The predicted molar refractivity (Wildman–Crippen MR) is 99.5 cm³/mol. The van der Waals surface area contributed by atoms with E-state index in [1.807, 2.05) is 17.2 Å². The third-order valence-corrected chi connectivity index (χ3v) is 5.19. The molecule has 2 saturated heterocycles. The molecule has 1 amide bonds. The Balaban J connectivity index is 1.40. The summed E-state index contributed by atoms with van der Waals surface area (Å²) in [4.78, 5) is 28.0. The molecule has 7 nitrogen and oxygen atoms in total. The van der Waals surface area contributed by atoms with Crippen LogP contribution >= 0.6 is 0 Å². The first-order valence-corrected chi connectivity index (χ1v) is 9.36. The van der Waals surface area contributed by atoms with Gasteiger partial charge in [-0.1, -0.05) is 6.92 Å². The van der Waals surface area contributed by atoms with Gasteiger partial charge in [0.1, 0.15) is 5.82 Å². The highest BCUT2D eigenvalue weighted by atomic mass is 16.3. The minimum atomic E-state index is -0.0494. The van der Waals surface area contributed by atoms with Gasteiger partial charge in [0.05, 0.1) is 6.26 Å². The highest BCUT2D eigenvalue weighted by Gasteiger charge is 2.25. The molecule has 0 aliphatic carbocycles. The number of piperazine rings is 1. The molecule has 26 heavy (non-hydrogen) atoms. The van der Waals surface area contributed by atoms with Crippen molar-refractivity contribution in [3.05, 3.63) is 36.4 Å². The molecular weight excluding hydrogens is 330 g/mol. The number of carbonyl (C=O) groups is 1. The molecule has 0 N–H and O–H groups in total. The normalized spacial score (nSPS) is 21.1. The van der Waals surface area contributed by atoms with Gasteiger partial charge >= 0.3 is 0 Å². The van der Waals surface area contributed by atoms with E-state index in [-0.39, 0.29) is 5.91 Å². The summed E-state index contributed by atoms with van der Waals surface area (Å²) in [6, 6.07) is 5.45. The molecule has 0 bridgehead atoms. The first-order valence-electron chi connectivity index (χ1n) is 9.36. The molecule has 2 aromatic heterocycles. The number of hydrogen-bond acceptors (Lipinski definition) is 6. The Morgan fingerprint density at radius 3 is 2.73 bits per heavy atom. The Bertz CT molecular complexity index is 740. The van der Waals surface area contributed by atoms with Gasteiger partial charge in [0.25, 0.3) is 5.91 Å². The lowest BCUT2D eigenvalue weighted by molar-refractivity contribution is 0.0714. The van der Waals surface area contributed by atoms with Gasteiger partial charge in [0.2, 0.25) is 5.95 Å². The Kier molecular flexibility index (Phi) is 4.77. The van der Waals surface area contributed by atoms with Gasteiger partial charge < -0.3 is 19.1 Å². The lowest BCUT2D eigenvalue weighted by Gasteiger charge is -2.35. The summed E-state index contributed by atoms with van der Waals surface area (Å²) in [5.74, 6) is 2.82. The number of rotatable bonds is 3. The molecule has 0 radical (unpaired) electrons. The summed E-state index contributed by atoms with van der Waals surface area (Å²) in [5.41, 5.74) is 0. The van der Waals surface area contributed by atoms with Crippen molar-refractivity contribution < 1.29 is 9.21 Å². The molecule has 4 heterocycles. The topological polar surface area (TPSA) is 65.7 Å². The number of furan rings is 1. The number of piperidine rings is 1. The Morgan fingerprint density at radius 1 is 1.15 bits per heavy atom. The van der Waals surface area contributed by atoms with Crippen LogP contribution in [-0.2, 0) is 0 Å². The second-order valence-electron chi connectivity index (χ2n) is 7.16. The average Bonchev–Trinajstić information content (AvgIpc) is 3.22. The highest BCUT2D eigenvalue weighted by molar-refractivity contribution is 5.91. The maximum Gasteiger partial charge on any atom is 0.289 e. The molecule has 2 fully saturated rings. The maximum atomic E-state index is 12.4. The van der Waals surface area contributed by atoms with E-state index in [0.29, 0.717) is 24.8 Å². The van der Waals surface area contributed by atoms with Crippen molar-refractivity contribution in [3.63, 3.8) is 0 Å². The second kappa shape index (κ2) is 7.35. The molecule has 2 aromatic rings. The molecule has 1 atom stereocenters. The summed E-state index contributed by atoms with van der Waals surface area (Å²) in [6.45, 7) is 7.16. The fraction of sp³-hybridized carbons (Fsp3) is 0.526. The van der Waals surface area contributed by atoms with E-state index in [2.05, 4.69) is 21.7 Å². The number of amides is 1. The van der Waals surface area contributed by atoms with Crippen LogP contribution in [-0.4, -0.2) is 60.0 Å². The molecule has 0 spiro atoms. The zero-order chi connectivity index (χ0) is 17.9. The Labute approximate surface area is 153 Å². The molecule has 2 aliphatic heterocycles. The van der Waals surface area contributed by atoms with Gasteiger partial charge in [-0.25, -0.2) is 4.98 Å². The zero-order valence-corrected chi connectivity index (χ0v) is 15.2. The minimum Gasteiger partial charge on any atom is -0.459 e. The molecule has 2 aliphatic rings. The van der Waals surface area contributed by atoms with Crippen molar-refractivity contribution in [2.24, 2.45) is 5.92 Å². The molecule has 0 saturated carbocycles. The summed E-state index contributed by atoms with van der Waals surface area (Å²) in [7, 11) is 0. The second-order valence-corrected chi connectivity index (χ2v) is 7.16. The van der Waals surface area contributed by atoms with Gasteiger partial charge in [-0.05, 0) is 37.0 Å². The van der Waals surface area contributed by atoms with Crippen LogP contribution in [0.1, 0.15) is 30.3 Å². The van der Waals surface area contributed by atoms with Gasteiger partial charge in [-0.3, -0.25) is 4.79 Å². The molecule has 138 valence electrons. The van der Waals surface area contributed by atoms with Crippen molar-refractivity contribution in [1.29, 1.82) is 0 Å². The standard InChI is InChI=1S/C19H25N5O2/c1-15-4-2-8-24(14-15)17-6-7-20-19(21-17)23-11-9-22(10-12-23)18(25)16-5-3-13-26-16/h3,5-7,13,15H,2,4,8-12,14H2,1H3. The van der Waals surface area contributed by atoms with Gasteiger partial charge in [-0.15, -0.1) is 0 Å². The van der Waals surface area contributed by atoms with Crippen LogP contribution in [0.4, 0.5) is 11.8 Å². The van der Waals surface area contributed by atoms with E-state index in [4.69, 9.17) is 9.40 Å². The smallest absolute Gasteiger partial charge is 0.289 e. The van der Waals surface area contributed by atoms with E-state index in [1.54, 1.807) is 12.1 Å². The third-order valence-electron chi connectivity index (χ3n) is 5.19. The minimum absolute atomic E-state index is 0.0494. The van der Waals surface area contributed by atoms with Crippen LogP contribution in [0.15, 0.2) is 35.1 Å². The Morgan fingerprint density at radius 2 is 2.00 bits per heavy atom. The van der Waals surface area contributed by atoms with Crippen molar-refractivity contribution in [2.45, 2.75) is 19.8 Å². The summed E-state index contributed by atoms with van der Waals surface area (Å²) >= 11 is 0. The van der Waals surface area contributed by atoms with Crippen LogP contribution in [0.2, 0.25) is 0 Å². The monoisotopic (exact) mass is 355 g/mol. The van der Waals surface area contributed by atoms with Crippen LogP contribution in [0.25, 0.3) is 0 Å². The van der Waals surface area contributed by atoms with Crippen LogP contribution in [0, 0.1) is 5.92 Å². The highest BCUT2D eigenvalue weighted by Crippen LogP contribution is 2.23. The van der Waals surface area contributed by atoms with Gasteiger partial charge in [0, 0.05) is 45.5 Å². The molecule has 0 aromatic carbocycles. The summed E-state index contributed by atoms with van der Waals surface area (Å²) in [5, 5.41) is 0. The number of carbonyl (C=O) groups excluding carboxylic acids is 1. The SMILES string of the molecule is CC1CCCN(c2ccnc(N3CCN(C(=O)c4ccco4)CC3)n2)C1. The molecular formula is C19H25N5O2.